The molecule has 0 bridgehead atoms. The van der Waals surface area contributed by atoms with Crippen LogP contribution in [0, 0.1) is 0 Å². The Morgan fingerprint density at radius 3 is 1.73 bits per heavy atom. The average molecular weight is 357 g/mol. The van der Waals surface area contributed by atoms with Crippen molar-refractivity contribution < 1.29 is 4.11 Å². The molecule has 0 saturated heterocycles. The van der Waals surface area contributed by atoms with Crippen molar-refractivity contribution in [3.05, 3.63) is 18.2 Å². The monoisotopic (exact) mass is 356 g/mol. The predicted molar refractivity (Wildman–Crippen MR) is 106 cm³/mol. The van der Waals surface area contributed by atoms with Crippen LogP contribution in [0.15, 0.2) is 18.2 Å². The number of nitrogens with one attached hydrogen (secondary N) is 1. The number of benzene rings is 1. The van der Waals surface area contributed by atoms with E-state index in [2.05, 4.69) is 50.3 Å². The zero-order chi connectivity index (χ0) is 17.6. The second-order valence-corrected chi connectivity index (χ2v) is 21.6. The van der Waals surface area contributed by atoms with Crippen LogP contribution in [0.1, 0.15) is 20.8 Å². The minimum absolute atomic E-state index is 0.332. The summed E-state index contributed by atoms with van der Waals surface area (Å²) >= 11 is 0. The van der Waals surface area contributed by atoms with Crippen LogP contribution >= 0.6 is 0 Å². The van der Waals surface area contributed by atoms with Crippen molar-refractivity contribution in [2.75, 3.05) is 0 Å². The minimum Gasteiger partial charge on any atom is -0.310 e. The molecule has 6 heteroatoms. The number of hydrogen-bond donors (Lipinski definition) is 2. The van der Waals surface area contributed by atoms with Gasteiger partial charge in [-0.3, -0.25) is 9.09 Å². The molecule has 22 heavy (non-hydrogen) atoms. The van der Waals surface area contributed by atoms with E-state index in [-0.39, 0.29) is 5.54 Å². The number of rotatable bonds is 4. The topological polar surface area (TPSA) is 38.0 Å². The maximum Gasteiger partial charge on any atom is 0.426 e. The van der Waals surface area contributed by atoms with E-state index in [1.54, 1.807) is 0 Å². The number of nitrogens with two attached hydrogens (primary N) is 1. The van der Waals surface area contributed by atoms with Gasteiger partial charge < -0.3 is 5.40 Å². The second kappa shape index (κ2) is 5.98. The molecule has 0 radical (unpaired) electrons. The van der Waals surface area contributed by atoms with Crippen LogP contribution in [-0.4, -0.2) is 30.4 Å². The Bertz CT molecular complexity index is 538. The molecule has 3 N–H and O–H groups in total. The van der Waals surface area contributed by atoms with E-state index in [0.717, 1.165) is 5.19 Å². The molecule has 1 rings (SSSR count). The molecule has 0 heterocycles. The fourth-order valence-corrected chi connectivity index (χ4v) is 12.3. The first kappa shape index (κ1) is 19.8. The summed E-state index contributed by atoms with van der Waals surface area (Å²) in [5, 5.41) is 9.63. The van der Waals surface area contributed by atoms with Gasteiger partial charge in [0.1, 0.15) is 0 Å². The molecule has 0 saturated carbocycles. The summed E-state index contributed by atoms with van der Waals surface area (Å²) in [6.07, 6.45) is 0. The van der Waals surface area contributed by atoms with Gasteiger partial charge in [0.25, 0.3) is 0 Å². The third kappa shape index (κ3) is 4.86. The average Bonchev–Trinajstić information content (AvgIpc) is 2.22. The van der Waals surface area contributed by atoms with Crippen molar-refractivity contribution in [2.45, 2.75) is 65.6 Å². The van der Waals surface area contributed by atoms with Gasteiger partial charge in [0.2, 0.25) is 0 Å². The Labute approximate surface area is 139 Å². The van der Waals surface area contributed by atoms with Crippen LogP contribution in [0.2, 0.25) is 39.3 Å². The summed E-state index contributed by atoms with van der Waals surface area (Å²) in [7, 11) is -6.93. The second-order valence-electron chi connectivity index (χ2n) is 9.31. The van der Waals surface area contributed by atoms with Crippen LogP contribution in [0.25, 0.3) is 0 Å². The van der Waals surface area contributed by atoms with Gasteiger partial charge in [0.05, 0.1) is 16.1 Å². The highest BCUT2D eigenvalue weighted by Crippen LogP contribution is 2.10. The fourth-order valence-electron chi connectivity index (χ4n) is 2.90. The molecule has 1 atom stereocenters. The quantitative estimate of drug-likeness (QED) is 0.641. The standard InChI is InChI=1S/C16H33FN2Si3/c1-16(2,3)19-22(17,18)14-12-10-11-13(20(4,5)6)15(14)21(7,8)9/h10-12,19H,18H2,1-9H3. The van der Waals surface area contributed by atoms with Gasteiger partial charge in [-0.1, -0.05) is 67.9 Å². The summed E-state index contributed by atoms with van der Waals surface area (Å²) in [5.41, 5.74) is -0.332. The van der Waals surface area contributed by atoms with Gasteiger partial charge in [-0.15, -0.1) is 0 Å². The lowest BCUT2D eigenvalue weighted by molar-refractivity contribution is 0.489. The van der Waals surface area contributed by atoms with E-state index in [0.29, 0.717) is 0 Å². The van der Waals surface area contributed by atoms with Crippen LogP contribution in [0.5, 0.6) is 0 Å². The van der Waals surface area contributed by atoms with Crippen LogP contribution in [0.4, 0.5) is 4.11 Å². The molecule has 0 fully saturated rings. The molecular weight excluding hydrogens is 323 g/mol. The fraction of sp³-hybridized carbons (Fsp3) is 0.625. The summed E-state index contributed by atoms with van der Waals surface area (Å²) in [6.45, 7) is 19.7. The van der Waals surface area contributed by atoms with E-state index in [1.807, 2.05) is 32.9 Å². The Morgan fingerprint density at radius 1 is 0.909 bits per heavy atom. The third-order valence-corrected chi connectivity index (χ3v) is 10.5. The van der Waals surface area contributed by atoms with E-state index < -0.39 is 24.9 Å². The Morgan fingerprint density at radius 2 is 1.36 bits per heavy atom. The summed E-state index contributed by atoms with van der Waals surface area (Å²) in [6, 6.07) is 6.11. The van der Waals surface area contributed by atoms with Crippen molar-refractivity contribution >= 4 is 40.4 Å². The van der Waals surface area contributed by atoms with Crippen molar-refractivity contribution in [3.8, 4) is 0 Å². The maximum atomic E-state index is 15.5. The van der Waals surface area contributed by atoms with E-state index in [9.17, 15) is 0 Å². The molecule has 0 aliphatic rings. The molecule has 2 nitrogen and oxygen atoms in total. The van der Waals surface area contributed by atoms with Gasteiger partial charge in [-0.25, -0.2) is 0 Å². The first-order valence-corrected chi connectivity index (χ1v) is 16.9. The molecule has 1 unspecified atom stereocenters. The smallest absolute Gasteiger partial charge is 0.310 e. The Hall–Kier alpha value is -0.279. The van der Waals surface area contributed by atoms with Crippen LogP contribution in [0.3, 0.4) is 0 Å². The highest BCUT2D eigenvalue weighted by Gasteiger charge is 2.42. The lowest BCUT2D eigenvalue weighted by Gasteiger charge is -2.35. The summed E-state index contributed by atoms with van der Waals surface area (Å²) in [5.74, 6) is 0. The first-order valence-electron chi connectivity index (χ1n) is 7.97. The molecular formula is C16H33FN2Si3. The molecule has 0 aromatic heterocycles. The molecule has 1 aromatic rings. The number of hydrogen-bond acceptors (Lipinski definition) is 2. The largest absolute Gasteiger partial charge is 0.426 e. The molecule has 1 aromatic carbocycles. The summed E-state index contributed by atoms with van der Waals surface area (Å²) < 4.78 is 15.5. The summed E-state index contributed by atoms with van der Waals surface area (Å²) in [4.78, 5) is 3.09. The molecule has 126 valence electrons. The lowest BCUT2D eigenvalue weighted by Crippen LogP contribution is -2.77. The normalized spacial score (nSPS) is 16.5. The zero-order valence-electron chi connectivity index (χ0n) is 15.7. The Kier molecular flexibility index (Phi) is 5.37. The number of halogens is 1. The van der Waals surface area contributed by atoms with E-state index in [4.69, 9.17) is 5.40 Å². The SMILES string of the molecule is CC(C)(C)N[Si](N)(F)c1cccc([Si](C)(C)C)c1[Si](C)(C)C. The van der Waals surface area contributed by atoms with E-state index in [1.165, 1.54) is 10.4 Å². The van der Waals surface area contributed by atoms with E-state index >= 15 is 4.11 Å². The lowest BCUT2D eigenvalue weighted by atomic mass is 10.1. The van der Waals surface area contributed by atoms with Gasteiger partial charge in [-0.05, 0) is 20.8 Å². The van der Waals surface area contributed by atoms with Gasteiger partial charge in [-0.2, -0.15) is 0 Å². The van der Waals surface area contributed by atoms with Crippen LogP contribution < -0.4 is 25.9 Å². The highest BCUT2D eigenvalue weighted by molar-refractivity contribution is 7.02. The van der Waals surface area contributed by atoms with Crippen molar-refractivity contribution in [1.82, 2.24) is 4.98 Å². The van der Waals surface area contributed by atoms with Crippen LogP contribution in [-0.2, 0) is 0 Å². The molecule has 0 spiro atoms. The molecule has 0 amide bonds. The predicted octanol–water partition coefficient (Wildman–Crippen LogP) is 2.24. The van der Waals surface area contributed by atoms with Crippen molar-refractivity contribution in [2.24, 2.45) is 5.40 Å². The van der Waals surface area contributed by atoms with Crippen molar-refractivity contribution in [1.29, 1.82) is 0 Å². The van der Waals surface area contributed by atoms with Gasteiger partial charge in [0, 0.05) is 10.7 Å². The van der Waals surface area contributed by atoms with Gasteiger partial charge in [0.15, 0.2) is 0 Å². The molecule has 0 aliphatic heterocycles. The maximum absolute atomic E-state index is 15.5. The first-order chi connectivity index (χ1) is 9.56. The Balaban J connectivity index is 3.62. The third-order valence-electron chi connectivity index (χ3n) is 3.57. The molecule has 0 aliphatic carbocycles. The van der Waals surface area contributed by atoms with Crippen molar-refractivity contribution in [3.63, 3.8) is 0 Å². The zero-order valence-corrected chi connectivity index (χ0v) is 18.7. The minimum atomic E-state index is -3.67. The van der Waals surface area contributed by atoms with Gasteiger partial charge >= 0.3 is 8.73 Å². The highest BCUT2D eigenvalue weighted by atomic mass is 28.4.